The van der Waals surface area contributed by atoms with Crippen LogP contribution in [0.5, 0.6) is 0 Å². The Morgan fingerprint density at radius 1 is 0.892 bits per heavy atom. The lowest BCUT2D eigenvalue weighted by Crippen LogP contribution is -2.31. The number of amides is 3. The van der Waals surface area contributed by atoms with Gasteiger partial charge in [-0.3, -0.25) is 19.3 Å². The molecule has 0 aromatic heterocycles. The van der Waals surface area contributed by atoms with Gasteiger partial charge in [-0.2, -0.15) is 0 Å². The normalized spacial score (nSPS) is 20.9. The Kier molecular flexibility index (Phi) is 7.06. The highest BCUT2D eigenvalue weighted by molar-refractivity contribution is 6.30. The van der Waals surface area contributed by atoms with Crippen molar-refractivity contribution in [3.8, 4) is 0 Å². The fourth-order valence-corrected chi connectivity index (χ4v) is 5.30. The summed E-state index contributed by atoms with van der Waals surface area (Å²) in [5.41, 5.74) is 2.19. The molecule has 2 fully saturated rings. The summed E-state index contributed by atoms with van der Waals surface area (Å²) in [7, 11) is 0. The van der Waals surface area contributed by atoms with Gasteiger partial charge in [0.25, 0.3) is 5.91 Å². The number of esters is 1. The number of rotatable bonds is 6. The molecule has 0 spiro atoms. The van der Waals surface area contributed by atoms with Gasteiger partial charge >= 0.3 is 5.97 Å². The largest absolute Gasteiger partial charge is 0.452 e. The minimum absolute atomic E-state index is 0.148. The lowest BCUT2D eigenvalue weighted by molar-refractivity contribution is -0.122. The number of benzene rings is 3. The van der Waals surface area contributed by atoms with Crippen LogP contribution in [0.25, 0.3) is 0 Å². The molecule has 0 unspecified atom stereocenters. The molecule has 1 aliphatic heterocycles. The first-order valence-corrected chi connectivity index (χ1v) is 12.5. The Balaban J connectivity index is 1.24. The van der Waals surface area contributed by atoms with E-state index in [0.717, 1.165) is 6.42 Å². The maximum atomic E-state index is 13.3. The predicted octanol–water partition coefficient (Wildman–Crippen LogP) is 5.21. The quantitative estimate of drug-likeness (QED) is 0.358. The summed E-state index contributed by atoms with van der Waals surface area (Å²) in [6, 6.07) is 22.8. The second-order valence-corrected chi connectivity index (χ2v) is 9.76. The van der Waals surface area contributed by atoms with Crippen LogP contribution >= 0.6 is 11.6 Å². The number of fused-ring (bicyclic) bond motifs is 1. The first-order valence-electron chi connectivity index (χ1n) is 12.2. The lowest BCUT2D eigenvalue weighted by Gasteiger charge is -2.28. The van der Waals surface area contributed by atoms with Gasteiger partial charge in [0.1, 0.15) is 0 Å². The van der Waals surface area contributed by atoms with Gasteiger partial charge in [-0.25, -0.2) is 4.79 Å². The van der Waals surface area contributed by atoms with Crippen LogP contribution in [0, 0.1) is 11.8 Å². The van der Waals surface area contributed by atoms with Crippen LogP contribution in [-0.4, -0.2) is 30.3 Å². The number of carbonyl (C=O) groups is 4. The lowest BCUT2D eigenvalue weighted by atomic mass is 9.73. The first kappa shape index (κ1) is 24.7. The number of nitrogens with zero attached hydrogens (tertiary/aromatic N) is 1. The van der Waals surface area contributed by atoms with E-state index in [9.17, 15) is 19.2 Å². The van der Waals surface area contributed by atoms with Gasteiger partial charge in [-0.05, 0) is 73.2 Å². The molecule has 2 aliphatic rings. The van der Waals surface area contributed by atoms with Crippen molar-refractivity contribution in [3.63, 3.8) is 0 Å². The van der Waals surface area contributed by atoms with E-state index in [0.29, 0.717) is 29.2 Å². The summed E-state index contributed by atoms with van der Waals surface area (Å²) in [6.45, 7) is -0.488. The highest BCUT2D eigenvalue weighted by atomic mass is 35.5. The number of imide groups is 1. The SMILES string of the molecule is O=C(COC(=O)c1cccc(N2C(=O)[C@@H]3CC[C@@H](c4ccccc4)C[C@H]3C2=O)c1)Nc1ccc(Cl)cc1. The smallest absolute Gasteiger partial charge is 0.338 e. The summed E-state index contributed by atoms with van der Waals surface area (Å²) in [5.74, 6) is -2.18. The molecule has 37 heavy (non-hydrogen) atoms. The van der Waals surface area contributed by atoms with Gasteiger partial charge < -0.3 is 10.1 Å². The molecule has 0 bridgehead atoms. The van der Waals surface area contributed by atoms with Crippen LogP contribution in [0.2, 0.25) is 5.02 Å². The summed E-state index contributed by atoms with van der Waals surface area (Å²) in [5, 5.41) is 3.15. The Hall–Kier alpha value is -3.97. The summed E-state index contributed by atoms with van der Waals surface area (Å²) >= 11 is 5.84. The minimum Gasteiger partial charge on any atom is -0.452 e. The molecule has 8 heteroatoms. The van der Waals surface area contributed by atoms with E-state index in [1.807, 2.05) is 18.2 Å². The van der Waals surface area contributed by atoms with Crippen LogP contribution < -0.4 is 10.2 Å². The molecular formula is C29H25ClN2O5. The van der Waals surface area contributed by atoms with Gasteiger partial charge in [0.05, 0.1) is 23.1 Å². The van der Waals surface area contributed by atoms with Crippen molar-refractivity contribution in [2.45, 2.75) is 25.2 Å². The van der Waals surface area contributed by atoms with Crippen molar-refractivity contribution in [2.24, 2.45) is 11.8 Å². The standard InChI is InChI=1S/C29H25ClN2O5/c30-21-10-12-22(13-11-21)31-26(33)17-37-29(36)20-7-4-8-23(15-20)32-27(34)24-14-9-19(16-25(24)28(32)35)18-5-2-1-3-6-18/h1-8,10-13,15,19,24-25H,9,14,16-17H2,(H,31,33)/t19-,24-,25-/m1/s1. The second kappa shape index (κ2) is 10.6. The Morgan fingerprint density at radius 3 is 2.38 bits per heavy atom. The third kappa shape index (κ3) is 5.27. The fraction of sp³-hybridized carbons (Fsp3) is 0.241. The molecule has 1 N–H and O–H groups in total. The van der Waals surface area contributed by atoms with Crippen molar-refractivity contribution in [2.75, 3.05) is 16.8 Å². The van der Waals surface area contributed by atoms with Crippen LogP contribution in [0.4, 0.5) is 11.4 Å². The number of carbonyl (C=O) groups excluding carboxylic acids is 4. The van der Waals surface area contributed by atoms with Gasteiger partial charge in [0.15, 0.2) is 6.61 Å². The average Bonchev–Trinajstić information content (AvgIpc) is 3.18. The third-order valence-electron chi connectivity index (χ3n) is 7.00. The highest BCUT2D eigenvalue weighted by Gasteiger charge is 2.50. The monoisotopic (exact) mass is 516 g/mol. The van der Waals surface area contributed by atoms with Gasteiger partial charge in [0.2, 0.25) is 11.8 Å². The number of hydrogen-bond acceptors (Lipinski definition) is 5. The van der Waals surface area contributed by atoms with E-state index in [1.54, 1.807) is 36.4 Å². The van der Waals surface area contributed by atoms with E-state index < -0.39 is 18.5 Å². The van der Waals surface area contributed by atoms with Crippen LogP contribution in [0.15, 0.2) is 78.9 Å². The molecule has 1 saturated heterocycles. The molecule has 7 nitrogen and oxygen atoms in total. The molecule has 3 aromatic rings. The van der Waals surface area contributed by atoms with Gasteiger partial charge in [-0.1, -0.05) is 48.0 Å². The van der Waals surface area contributed by atoms with E-state index in [-0.39, 0.29) is 35.1 Å². The predicted molar refractivity (Wildman–Crippen MR) is 139 cm³/mol. The topological polar surface area (TPSA) is 92.8 Å². The molecule has 1 heterocycles. The van der Waals surface area contributed by atoms with Crippen molar-refractivity contribution in [1.29, 1.82) is 0 Å². The maximum absolute atomic E-state index is 13.3. The molecule has 1 aliphatic carbocycles. The summed E-state index contributed by atoms with van der Waals surface area (Å²) in [4.78, 5) is 52.5. The zero-order valence-corrected chi connectivity index (χ0v) is 20.7. The van der Waals surface area contributed by atoms with Gasteiger partial charge in [-0.15, -0.1) is 0 Å². The maximum Gasteiger partial charge on any atom is 0.338 e. The third-order valence-corrected chi connectivity index (χ3v) is 7.25. The molecular weight excluding hydrogens is 492 g/mol. The molecule has 3 aromatic carbocycles. The Bertz CT molecular complexity index is 1340. The molecule has 3 atom stereocenters. The molecule has 5 rings (SSSR count). The van der Waals surface area contributed by atoms with Crippen molar-refractivity contribution >= 4 is 46.7 Å². The van der Waals surface area contributed by atoms with E-state index >= 15 is 0 Å². The Labute approximate surface area is 219 Å². The number of nitrogens with one attached hydrogen (secondary N) is 1. The average molecular weight is 517 g/mol. The van der Waals surface area contributed by atoms with E-state index in [1.165, 1.54) is 22.6 Å². The van der Waals surface area contributed by atoms with Crippen LogP contribution in [0.3, 0.4) is 0 Å². The molecule has 1 saturated carbocycles. The van der Waals surface area contributed by atoms with Crippen LogP contribution in [0.1, 0.15) is 41.1 Å². The molecule has 188 valence electrons. The number of ether oxygens (including phenoxy) is 1. The number of hydrogen-bond donors (Lipinski definition) is 1. The van der Waals surface area contributed by atoms with E-state index in [4.69, 9.17) is 16.3 Å². The van der Waals surface area contributed by atoms with Crippen molar-refractivity contribution in [1.82, 2.24) is 0 Å². The zero-order valence-electron chi connectivity index (χ0n) is 19.9. The summed E-state index contributed by atoms with van der Waals surface area (Å²) < 4.78 is 5.15. The highest BCUT2D eigenvalue weighted by Crippen LogP contribution is 2.45. The van der Waals surface area contributed by atoms with E-state index in [2.05, 4.69) is 17.4 Å². The molecule has 0 radical (unpaired) electrons. The Morgan fingerprint density at radius 2 is 1.62 bits per heavy atom. The van der Waals surface area contributed by atoms with Crippen LogP contribution in [-0.2, 0) is 19.1 Å². The minimum atomic E-state index is -0.728. The first-order chi connectivity index (χ1) is 17.9. The second-order valence-electron chi connectivity index (χ2n) is 9.33. The van der Waals surface area contributed by atoms with Crippen molar-refractivity contribution < 1.29 is 23.9 Å². The number of halogens is 1. The van der Waals surface area contributed by atoms with Crippen molar-refractivity contribution in [3.05, 3.63) is 95.0 Å². The number of anilines is 2. The summed E-state index contributed by atoms with van der Waals surface area (Å²) in [6.07, 6.45) is 2.12. The fourth-order valence-electron chi connectivity index (χ4n) is 5.18. The molecule has 3 amide bonds. The van der Waals surface area contributed by atoms with Gasteiger partial charge in [0, 0.05) is 10.7 Å². The zero-order chi connectivity index (χ0) is 25.9.